The lowest BCUT2D eigenvalue weighted by Crippen LogP contribution is -2.28. The minimum absolute atomic E-state index is 0.324. The highest BCUT2D eigenvalue weighted by molar-refractivity contribution is 5.85. The third kappa shape index (κ3) is 4.20. The van der Waals surface area contributed by atoms with Gasteiger partial charge in [0, 0.05) is 6.08 Å². The van der Waals surface area contributed by atoms with Gasteiger partial charge >= 0.3 is 11.9 Å². The van der Waals surface area contributed by atoms with Gasteiger partial charge in [0.25, 0.3) is 0 Å². The van der Waals surface area contributed by atoms with E-state index in [1.54, 1.807) is 12.1 Å². The van der Waals surface area contributed by atoms with E-state index < -0.39 is 24.1 Å². The second-order valence-corrected chi connectivity index (χ2v) is 3.75. The van der Waals surface area contributed by atoms with Gasteiger partial charge in [-0.25, -0.2) is 9.59 Å². The van der Waals surface area contributed by atoms with Crippen LogP contribution in [-0.4, -0.2) is 40.5 Å². The fourth-order valence-corrected chi connectivity index (χ4v) is 1.40. The third-order valence-electron chi connectivity index (χ3n) is 2.44. The number of hydrogen-bond acceptors (Lipinski definition) is 5. The molecule has 2 unspecified atom stereocenters. The van der Waals surface area contributed by atoms with Gasteiger partial charge in [-0.1, -0.05) is 24.3 Å². The monoisotopic (exact) mass is 266 g/mol. The first-order valence-corrected chi connectivity index (χ1v) is 5.40. The van der Waals surface area contributed by atoms with Crippen molar-refractivity contribution in [2.24, 2.45) is 0 Å². The largest absolute Gasteiger partial charge is 0.478 e. The summed E-state index contributed by atoms with van der Waals surface area (Å²) in [6.07, 6.45) is -0.695. The highest BCUT2D eigenvalue weighted by atomic mass is 16.5. The molecule has 1 aromatic carbocycles. The predicted molar refractivity (Wildman–Crippen MR) is 66.1 cm³/mol. The van der Waals surface area contributed by atoms with Gasteiger partial charge in [-0.05, 0) is 17.2 Å². The first kappa shape index (κ1) is 14.9. The number of aliphatic hydroxyl groups is 2. The number of benzene rings is 1. The summed E-state index contributed by atoms with van der Waals surface area (Å²) in [5.74, 6) is -1.99. The van der Waals surface area contributed by atoms with Gasteiger partial charge in [0.05, 0.1) is 7.11 Å². The molecule has 0 aliphatic carbocycles. The number of rotatable bonds is 5. The SMILES string of the molecule is COC(=O)C(O)C(O)c1ccc(/C=C/C(=O)O)cc1. The Hall–Kier alpha value is -2.18. The predicted octanol–water partition coefficient (Wildman–Crippen LogP) is 0.352. The van der Waals surface area contributed by atoms with Gasteiger partial charge in [0.15, 0.2) is 6.10 Å². The molecule has 0 aliphatic rings. The molecule has 0 saturated heterocycles. The number of carbonyl (C=O) groups is 2. The molecule has 0 heterocycles. The summed E-state index contributed by atoms with van der Waals surface area (Å²) in [5.41, 5.74) is 0.941. The van der Waals surface area contributed by atoms with Crippen molar-refractivity contribution in [3.05, 3.63) is 41.5 Å². The van der Waals surface area contributed by atoms with Crippen LogP contribution in [0.3, 0.4) is 0 Å². The Balaban J connectivity index is 2.81. The van der Waals surface area contributed by atoms with Crippen molar-refractivity contribution in [1.29, 1.82) is 0 Å². The van der Waals surface area contributed by atoms with E-state index in [1.165, 1.54) is 18.2 Å². The Kier molecular flexibility index (Phi) is 5.23. The van der Waals surface area contributed by atoms with Crippen molar-refractivity contribution in [3.63, 3.8) is 0 Å². The van der Waals surface area contributed by atoms with Crippen LogP contribution in [0.4, 0.5) is 0 Å². The van der Waals surface area contributed by atoms with Crippen molar-refractivity contribution in [3.8, 4) is 0 Å². The number of carboxylic acids is 1. The molecule has 0 saturated carbocycles. The molecule has 0 aromatic heterocycles. The van der Waals surface area contributed by atoms with Crippen LogP contribution in [0.15, 0.2) is 30.3 Å². The van der Waals surface area contributed by atoms with E-state index in [-0.39, 0.29) is 0 Å². The van der Waals surface area contributed by atoms with Gasteiger partial charge in [-0.15, -0.1) is 0 Å². The average molecular weight is 266 g/mol. The molecule has 2 atom stereocenters. The first-order chi connectivity index (χ1) is 8.95. The summed E-state index contributed by atoms with van der Waals surface area (Å²) in [5, 5.41) is 27.7. The Morgan fingerprint density at radius 1 is 1.21 bits per heavy atom. The maximum absolute atomic E-state index is 11.1. The van der Waals surface area contributed by atoms with Gasteiger partial charge in [0.1, 0.15) is 6.10 Å². The molecule has 0 spiro atoms. The molecule has 0 bridgehead atoms. The van der Waals surface area contributed by atoms with Crippen LogP contribution in [0.25, 0.3) is 6.08 Å². The maximum atomic E-state index is 11.1. The molecule has 6 heteroatoms. The van der Waals surface area contributed by atoms with E-state index >= 15 is 0 Å². The highest BCUT2D eigenvalue weighted by Crippen LogP contribution is 2.18. The Labute approximate surface area is 109 Å². The summed E-state index contributed by atoms with van der Waals surface area (Å²) >= 11 is 0. The van der Waals surface area contributed by atoms with Gasteiger partial charge in [-0.3, -0.25) is 0 Å². The second-order valence-electron chi connectivity index (χ2n) is 3.75. The van der Waals surface area contributed by atoms with Crippen molar-refractivity contribution in [1.82, 2.24) is 0 Å². The molecule has 0 amide bonds. The van der Waals surface area contributed by atoms with E-state index in [1.807, 2.05) is 0 Å². The zero-order valence-electron chi connectivity index (χ0n) is 10.2. The molecular weight excluding hydrogens is 252 g/mol. The zero-order chi connectivity index (χ0) is 14.4. The van der Waals surface area contributed by atoms with Gasteiger partial charge in [-0.2, -0.15) is 0 Å². The van der Waals surface area contributed by atoms with Crippen LogP contribution >= 0.6 is 0 Å². The molecule has 0 fully saturated rings. The number of aliphatic hydroxyl groups excluding tert-OH is 2. The molecule has 102 valence electrons. The number of hydrogen-bond donors (Lipinski definition) is 3. The third-order valence-corrected chi connectivity index (χ3v) is 2.44. The van der Waals surface area contributed by atoms with Crippen molar-refractivity contribution in [2.75, 3.05) is 7.11 Å². The topological polar surface area (TPSA) is 104 Å². The number of carboxylic acid groups (broad SMARTS) is 1. The Bertz CT molecular complexity index is 476. The Morgan fingerprint density at radius 2 is 1.79 bits per heavy atom. The fraction of sp³-hybridized carbons (Fsp3) is 0.231. The van der Waals surface area contributed by atoms with E-state index in [4.69, 9.17) is 5.11 Å². The average Bonchev–Trinajstić information content (AvgIpc) is 2.43. The smallest absolute Gasteiger partial charge is 0.337 e. The van der Waals surface area contributed by atoms with Crippen molar-refractivity contribution < 1.29 is 29.6 Å². The maximum Gasteiger partial charge on any atom is 0.337 e. The quantitative estimate of drug-likeness (QED) is 0.525. The van der Waals surface area contributed by atoms with Crippen LogP contribution in [0.1, 0.15) is 17.2 Å². The summed E-state index contributed by atoms with van der Waals surface area (Å²) in [6.45, 7) is 0. The highest BCUT2D eigenvalue weighted by Gasteiger charge is 2.26. The van der Waals surface area contributed by atoms with Crippen LogP contribution in [-0.2, 0) is 14.3 Å². The number of carbonyl (C=O) groups excluding carboxylic acids is 1. The van der Waals surface area contributed by atoms with E-state index in [9.17, 15) is 19.8 Å². The summed E-state index contributed by atoms with van der Waals surface area (Å²) in [4.78, 5) is 21.4. The molecule has 0 aliphatic heterocycles. The molecule has 1 aromatic rings. The van der Waals surface area contributed by atoms with Crippen LogP contribution in [0.2, 0.25) is 0 Å². The van der Waals surface area contributed by atoms with Crippen LogP contribution < -0.4 is 0 Å². The van der Waals surface area contributed by atoms with Gasteiger partial charge in [0.2, 0.25) is 0 Å². The lowest BCUT2D eigenvalue weighted by molar-refractivity contribution is -0.156. The fourth-order valence-electron chi connectivity index (χ4n) is 1.40. The molecule has 6 nitrogen and oxygen atoms in total. The molecule has 3 N–H and O–H groups in total. The normalized spacial score (nSPS) is 14.1. The first-order valence-electron chi connectivity index (χ1n) is 5.40. The number of aliphatic carboxylic acids is 1. The number of ether oxygens (including phenoxy) is 1. The lowest BCUT2D eigenvalue weighted by Gasteiger charge is -2.15. The van der Waals surface area contributed by atoms with E-state index in [0.717, 1.165) is 13.2 Å². The van der Waals surface area contributed by atoms with Crippen molar-refractivity contribution in [2.45, 2.75) is 12.2 Å². The Morgan fingerprint density at radius 3 is 2.26 bits per heavy atom. The molecule has 19 heavy (non-hydrogen) atoms. The van der Waals surface area contributed by atoms with E-state index in [2.05, 4.69) is 4.74 Å². The van der Waals surface area contributed by atoms with Gasteiger partial charge < -0.3 is 20.1 Å². The van der Waals surface area contributed by atoms with E-state index in [0.29, 0.717) is 11.1 Å². The lowest BCUT2D eigenvalue weighted by atomic mass is 10.0. The number of methoxy groups -OCH3 is 1. The summed E-state index contributed by atoms with van der Waals surface area (Å²) < 4.78 is 4.32. The standard InChI is InChI=1S/C13H14O6/c1-19-13(18)12(17)11(16)9-5-2-8(3-6-9)4-7-10(14)15/h2-7,11-12,16-17H,1H3,(H,14,15)/b7-4+. The zero-order valence-corrected chi connectivity index (χ0v) is 10.2. The molecular formula is C13H14O6. The van der Waals surface area contributed by atoms with Crippen molar-refractivity contribution >= 4 is 18.0 Å². The minimum Gasteiger partial charge on any atom is -0.478 e. The second kappa shape index (κ2) is 6.67. The number of esters is 1. The van der Waals surface area contributed by atoms with Crippen LogP contribution in [0, 0.1) is 0 Å². The molecule has 0 radical (unpaired) electrons. The van der Waals surface area contributed by atoms with Crippen LogP contribution in [0.5, 0.6) is 0 Å². The minimum atomic E-state index is -1.66. The summed E-state index contributed by atoms with van der Waals surface area (Å²) in [6, 6.07) is 6.08. The summed E-state index contributed by atoms with van der Waals surface area (Å²) in [7, 11) is 1.11. The molecule has 1 rings (SSSR count).